The Morgan fingerprint density at radius 3 is 3.28 bits per heavy atom. The quantitative estimate of drug-likeness (QED) is 0.747. The van der Waals surface area contributed by atoms with E-state index in [0.717, 1.165) is 36.1 Å². The second-order valence-corrected chi connectivity index (χ2v) is 4.66. The van der Waals surface area contributed by atoms with Gasteiger partial charge in [0.1, 0.15) is 0 Å². The number of aromatic nitrogens is 2. The van der Waals surface area contributed by atoms with Crippen LogP contribution in [0.4, 0.5) is 0 Å². The maximum Gasteiger partial charge on any atom is 0.224 e. The lowest BCUT2D eigenvalue weighted by Gasteiger charge is -2.09. The van der Waals surface area contributed by atoms with Crippen LogP contribution in [-0.4, -0.2) is 29.0 Å². The van der Waals surface area contributed by atoms with Gasteiger partial charge in [-0.2, -0.15) is 0 Å². The lowest BCUT2D eigenvalue weighted by atomic mass is 10.1. The minimum absolute atomic E-state index is 0.126. The number of rotatable bonds is 3. The molecule has 2 heterocycles. The number of hydrogen-bond acceptors (Lipinski definition) is 3. The molecular formula is C13H16N4O. The first-order chi connectivity index (χ1) is 8.83. The van der Waals surface area contributed by atoms with E-state index >= 15 is 0 Å². The van der Waals surface area contributed by atoms with Crippen molar-refractivity contribution in [1.29, 1.82) is 0 Å². The van der Waals surface area contributed by atoms with Crippen molar-refractivity contribution in [3.05, 3.63) is 30.1 Å². The number of hydrogen-bond donors (Lipinski definition) is 3. The molecule has 0 radical (unpaired) electrons. The topological polar surface area (TPSA) is 69.8 Å². The summed E-state index contributed by atoms with van der Waals surface area (Å²) < 4.78 is 0. The maximum atomic E-state index is 11.9. The van der Waals surface area contributed by atoms with Crippen LogP contribution >= 0.6 is 0 Å². The molecule has 18 heavy (non-hydrogen) atoms. The predicted molar refractivity (Wildman–Crippen MR) is 68.9 cm³/mol. The smallest absolute Gasteiger partial charge is 0.224 e. The van der Waals surface area contributed by atoms with Gasteiger partial charge in [-0.3, -0.25) is 4.79 Å². The van der Waals surface area contributed by atoms with Gasteiger partial charge in [0.2, 0.25) is 5.91 Å². The number of fused-ring (bicyclic) bond motifs is 1. The van der Waals surface area contributed by atoms with Crippen LogP contribution in [0, 0.1) is 5.92 Å². The molecule has 1 fully saturated rings. The molecule has 1 amide bonds. The van der Waals surface area contributed by atoms with E-state index in [2.05, 4.69) is 20.6 Å². The van der Waals surface area contributed by atoms with Crippen molar-refractivity contribution in [2.24, 2.45) is 5.92 Å². The van der Waals surface area contributed by atoms with Crippen LogP contribution < -0.4 is 10.6 Å². The number of nitrogens with one attached hydrogen (secondary N) is 3. The van der Waals surface area contributed by atoms with Gasteiger partial charge in [-0.05, 0) is 30.7 Å². The highest BCUT2D eigenvalue weighted by Gasteiger charge is 2.21. The number of amides is 1. The van der Waals surface area contributed by atoms with Crippen molar-refractivity contribution < 1.29 is 4.79 Å². The number of benzene rings is 1. The van der Waals surface area contributed by atoms with E-state index in [4.69, 9.17) is 0 Å². The minimum atomic E-state index is 0.126. The Kier molecular flexibility index (Phi) is 2.98. The van der Waals surface area contributed by atoms with Gasteiger partial charge in [-0.15, -0.1) is 0 Å². The second-order valence-electron chi connectivity index (χ2n) is 4.66. The number of nitrogens with zero attached hydrogens (tertiary/aromatic N) is 1. The summed E-state index contributed by atoms with van der Waals surface area (Å²) in [6, 6.07) is 5.98. The monoisotopic (exact) mass is 244 g/mol. The summed E-state index contributed by atoms with van der Waals surface area (Å²) >= 11 is 0. The molecule has 1 unspecified atom stereocenters. The van der Waals surface area contributed by atoms with Crippen LogP contribution in [0.3, 0.4) is 0 Å². The molecule has 1 aliphatic heterocycles. The Hall–Kier alpha value is -1.88. The Balaban J connectivity index is 1.63. The zero-order chi connectivity index (χ0) is 12.4. The van der Waals surface area contributed by atoms with E-state index in [9.17, 15) is 4.79 Å². The van der Waals surface area contributed by atoms with E-state index in [1.807, 2.05) is 18.2 Å². The molecule has 0 spiro atoms. The zero-order valence-corrected chi connectivity index (χ0v) is 10.1. The first-order valence-corrected chi connectivity index (χ1v) is 6.23. The third-order valence-corrected chi connectivity index (χ3v) is 3.38. The van der Waals surface area contributed by atoms with Gasteiger partial charge in [0.05, 0.1) is 23.3 Å². The number of H-pyrrole nitrogens is 1. The van der Waals surface area contributed by atoms with Crippen LogP contribution in [0.25, 0.3) is 11.0 Å². The summed E-state index contributed by atoms with van der Waals surface area (Å²) in [6.07, 6.45) is 2.61. The van der Waals surface area contributed by atoms with Crippen LogP contribution in [0.15, 0.2) is 24.5 Å². The van der Waals surface area contributed by atoms with E-state index in [1.165, 1.54) is 0 Å². The lowest BCUT2D eigenvalue weighted by molar-refractivity contribution is -0.124. The predicted octanol–water partition coefficient (Wildman–Crippen LogP) is 0.789. The molecule has 5 nitrogen and oxygen atoms in total. The average Bonchev–Trinajstić information content (AvgIpc) is 3.05. The van der Waals surface area contributed by atoms with Gasteiger partial charge in [-0.25, -0.2) is 4.98 Å². The molecule has 1 aromatic carbocycles. The number of carbonyl (C=O) groups is 1. The molecule has 1 saturated heterocycles. The Morgan fingerprint density at radius 1 is 1.50 bits per heavy atom. The van der Waals surface area contributed by atoms with Gasteiger partial charge in [0, 0.05) is 13.1 Å². The lowest BCUT2D eigenvalue weighted by Crippen LogP contribution is -2.31. The molecular weight excluding hydrogens is 228 g/mol. The van der Waals surface area contributed by atoms with E-state index < -0.39 is 0 Å². The highest BCUT2D eigenvalue weighted by atomic mass is 16.1. The van der Waals surface area contributed by atoms with Gasteiger partial charge in [0.15, 0.2) is 0 Å². The summed E-state index contributed by atoms with van der Waals surface area (Å²) in [5, 5.41) is 6.18. The number of aromatic amines is 1. The summed E-state index contributed by atoms with van der Waals surface area (Å²) in [5.74, 6) is 0.269. The first kappa shape index (κ1) is 11.2. The van der Waals surface area contributed by atoms with Crippen LogP contribution in [0.1, 0.15) is 12.0 Å². The number of carbonyl (C=O) groups excluding carboxylic acids is 1. The van der Waals surface area contributed by atoms with Crippen LogP contribution in [0.5, 0.6) is 0 Å². The van der Waals surface area contributed by atoms with Crippen molar-refractivity contribution in [3.63, 3.8) is 0 Å². The highest BCUT2D eigenvalue weighted by Crippen LogP contribution is 2.12. The van der Waals surface area contributed by atoms with Crippen molar-refractivity contribution in [1.82, 2.24) is 20.6 Å². The zero-order valence-electron chi connectivity index (χ0n) is 10.1. The molecule has 0 saturated carbocycles. The van der Waals surface area contributed by atoms with Crippen LogP contribution in [-0.2, 0) is 11.3 Å². The van der Waals surface area contributed by atoms with E-state index in [0.29, 0.717) is 6.54 Å². The maximum absolute atomic E-state index is 11.9. The normalized spacial score (nSPS) is 19.2. The summed E-state index contributed by atoms with van der Waals surface area (Å²) in [5.41, 5.74) is 3.04. The molecule has 1 aliphatic rings. The molecule has 0 bridgehead atoms. The molecule has 0 aliphatic carbocycles. The van der Waals surface area contributed by atoms with Gasteiger partial charge >= 0.3 is 0 Å². The summed E-state index contributed by atoms with van der Waals surface area (Å²) in [4.78, 5) is 19.1. The fourth-order valence-corrected chi connectivity index (χ4v) is 2.30. The largest absolute Gasteiger partial charge is 0.352 e. The summed E-state index contributed by atoms with van der Waals surface area (Å²) in [7, 11) is 0. The van der Waals surface area contributed by atoms with Crippen molar-refractivity contribution in [2.45, 2.75) is 13.0 Å². The van der Waals surface area contributed by atoms with Crippen LogP contribution in [0.2, 0.25) is 0 Å². The Bertz CT molecular complexity index is 557. The standard InChI is InChI=1S/C13H16N4O/c18-13(10-3-4-14-7-10)15-6-9-1-2-11-12(5-9)17-8-16-11/h1-2,5,8,10,14H,3-4,6-7H2,(H,15,18)(H,16,17). The Labute approximate surface area is 105 Å². The Morgan fingerprint density at radius 2 is 2.44 bits per heavy atom. The molecule has 1 atom stereocenters. The molecule has 3 rings (SSSR count). The third-order valence-electron chi connectivity index (χ3n) is 3.38. The van der Waals surface area contributed by atoms with Crippen molar-refractivity contribution in [3.8, 4) is 0 Å². The van der Waals surface area contributed by atoms with E-state index in [-0.39, 0.29) is 11.8 Å². The molecule has 94 valence electrons. The number of imidazole rings is 1. The SMILES string of the molecule is O=C(NCc1ccc2nc[nH]c2c1)C1CCNC1. The minimum Gasteiger partial charge on any atom is -0.352 e. The average molecular weight is 244 g/mol. The second kappa shape index (κ2) is 4.78. The van der Waals surface area contributed by atoms with Gasteiger partial charge in [0.25, 0.3) is 0 Å². The van der Waals surface area contributed by atoms with Crippen molar-refractivity contribution in [2.75, 3.05) is 13.1 Å². The molecule has 3 N–H and O–H groups in total. The van der Waals surface area contributed by atoms with E-state index in [1.54, 1.807) is 6.33 Å². The van der Waals surface area contributed by atoms with Crippen molar-refractivity contribution >= 4 is 16.9 Å². The highest BCUT2D eigenvalue weighted by molar-refractivity contribution is 5.79. The third kappa shape index (κ3) is 2.22. The molecule has 2 aromatic rings. The van der Waals surface area contributed by atoms with Gasteiger partial charge in [-0.1, -0.05) is 6.07 Å². The first-order valence-electron chi connectivity index (χ1n) is 6.23. The molecule has 5 heteroatoms. The van der Waals surface area contributed by atoms with Gasteiger partial charge < -0.3 is 15.6 Å². The fraction of sp³-hybridized carbons (Fsp3) is 0.385. The summed E-state index contributed by atoms with van der Waals surface area (Å²) in [6.45, 7) is 2.31. The molecule has 1 aromatic heterocycles. The fourth-order valence-electron chi connectivity index (χ4n) is 2.30.